The zero-order chi connectivity index (χ0) is 9.90. The molecule has 0 aliphatic heterocycles. The molecule has 4 nitrogen and oxygen atoms in total. The largest absolute Gasteiger partial charge is 0.367 e. The van der Waals surface area contributed by atoms with Gasteiger partial charge in [-0.15, -0.1) is 0 Å². The summed E-state index contributed by atoms with van der Waals surface area (Å²) in [6.45, 7) is 6.46. The summed E-state index contributed by atoms with van der Waals surface area (Å²) in [4.78, 5) is 4.05. The van der Waals surface area contributed by atoms with E-state index in [1.54, 1.807) is 0 Å². The number of nitrogen functional groups attached to an aromatic ring is 1. The molecule has 0 spiro atoms. The smallest absolute Gasteiger partial charge is 0.233 e. The molecule has 3 N–H and O–H groups in total. The van der Waals surface area contributed by atoms with Crippen LogP contribution in [0.2, 0.25) is 0 Å². The van der Waals surface area contributed by atoms with Crippen LogP contribution in [0, 0.1) is 0 Å². The fourth-order valence-electron chi connectivity index (χ4n) is 1.26. The molecule has 0 aliphatic rings. The van der Waals surface area contributed by atoms with Crippen molar-refractivity contribution in [2.24, 2.45) is 0 Å². The minimum absolute atomic E-state index is 0.0702. The lowest BCUT2D eigenvalue weighted by Gasteiger charge is -2.24. The van der Waals surface area contributed by atoms with Gasteiger partial charge in [0, 0.05) is 17.1 Å². The van der Waals surface area contributed by atoms with Crippen LogP contribution in [0.25, 0.3) is 0 Å². The Labute approximate surface area is 82.7 Å². The molecule has 5 heteroatoms. The van der Waals surface area contributed by atoms with Gasteiger partial charge in [-0.3, -0.25) is 0 Å². The molecule has 0 radical (unpaired) electrons. The van der Waals surface area contributed by atoms with Crippen LogP contribution in [0.5, 0.6) is 0 Å². The molecule has 1 heterocycles. The Hall–Kier alpha value is -0.840. The van der Waals surface area contributed by atoms with Crippen LogP contribution in [0.4, 0.5) is 11.1 Å². The van der Waals surface area contributed by atoms with E-state index in [-0.39, 0.29) is 5.54 Å². The molecule has 0 atom stereocenters. The Morgan fingerprint density at radius 1 is 1.54 bits per heavy atom. The predicted octanol–water partition coefficient (Wildman–Crippen LogP) is 2.11. The topological polar surface area (TPSA) is 63.8 Å². The van der Waals surface area contributed by atoms with E-state index in [2.05, 4.69) is 35.4 Å². The number of nitrogens with two attached hydrogens (primary N) is 1. The van der Waals surface area contributed by atoms with Crippen molar-refractivity contribution in [2.75, 3.05) is 11.1 Å². The Balaban J connectivity index is 2.57. The maximum absolute atomic E-state index is 5.42. The summed E-state index contributed by atoms with van der Waals surface area (Å²) in [5, 5.41) is 4.11. The van der Waals surface area contributed by atoms with E-state index < -0.39 is 0 Å². The SMILES string of the molecule is CCCC(C)(C)Nc1nc(N)ns1. The molecule has 0 bridgehead atoms. The Kier molecular flexibility index (Phi) is 3.08. The van der Waals surface area contributed by atoms with E-state index in [0.29, 0.717) is 5.95 Å². The lowest BCUT2D eigenvalue weighted by Crippen LogP contribution is -2.30. The number of aromatic nitrogens is 2. The first-order valence-electron chi connectivity index (χ1n) is 4.41. The number of rotatable bonds is 4. The second-order valence-corrected chi connectivity index (χ2v) is 4.47. The Morgan fingerprint density at radius 3 is 2.69 bits per heavy atom. The highest BCUT2D eigenvalue weighted by molar-refractivity contribution is 7.09. The zero-order valence-corrected chi connectivity index (χ0v) is 9.11. The first kappa shape index (κ1) is 10.2. The molecule has 1 aromatic heterocycles. The van der Waals surface area contributed by atoms with Gasteiger partial charge in [0.2, 0.25) is 11.1 Å². The molecule has 1 aromatic rings. The molecule has 0 aliphatic carbocycles. The van der Waals surface area contributed by atoms with Gasteiger partial charge >= 0.3 is 0 Å². The van der Waals surface area contributed by atoms with Crippen LogP contribution in [-0.4, -0.2) is 14.9 Å². The predicted molar refractivity (Wildman–Crippen MR) is 56.9 cm³/mol. The van der Waals surface area contributed by atoms with Gasteiger partial charge < -0.3 is 11.1 Å². The average Bonchev–Trinajstić information content (AvgIpc) is 2.34. The van der Waals surface area contributed by atoms with E-state index in [9.17, 15) is 0 Å². The van der Waals surface area contributed by atoms with Crippen LogP contribution in [0.15, 0.2) is 0 Å². The number of nitrogens with zero attached hydrogens (tertiary/aromatic N) is 2. The molecular weight excluding hydrogens is 184 g/mol. The number of anilines is 2. The third kappa shape index (κ3) is 3.18. The van der Waals surface area contributed by atoms with Gasteiger partial charge in [-0.05, 0) is 20.3 Å². The molecular formula is C8H16N4S. The third-order valence-corrected chi connectivity index (χ3v) is 2.41. The van der Waals surface area contributed by atoms with Crippen molar-refractivity contribution in [3.63, 3.8) is 0 Å². The van der Waals surface area contributed by atoms with E-state index >= 15 is 0 Å². The molecule has 0 saturated carbocycles. The zero-order valence-electron chi connectivity index (χ0n) is 8.29. The van der Waals surface area contributed by atoms with E-state index in [4.69, 9.17) is 5.73 Å². The summed E-state index contributed by atoms with van der Waals surface area (Å²) in [5.74, 6) is 0.347. The van der Waals surface area contributed by atoms with E-state index in [1.807, 2.05) is 0 Å². The summed E-state index contributed by atoms with van der Waals surface area (Å²) < 4.78 is 3.91. The third-order valence-electron chi connectivity index (χ3n) is 1.76. The second kappa shape index (κ2) is 3.91. The van der Waals surface area contributed by atoms with Crippen molar-refractivity contribution in [2.45, 2.75) is 39.2 Å². The molecule has 74 valence electrons. The Bertz CT molecular complexity index is 269. The maximum atomic E-state index is 5.42. The molecule has 1 rings (SSSR count). The van der Waals surface area contributed by atoms with Crippen molar-refractivity contribution in [3.8, 4) is 0 Å². The average molecular weight is 200 g/mol. The van der Waals surface area contributed by atoms with Crippen molar-refractivity contribution in [1.29, 1.82) is 0 Å². The highest BCUT2D eigenvalue weighted by Crippen LogP contribution is 2.21. The van der Waals surface area contributed by atoms with Crippen LogP contribution in [0.1, 0.15) is 33.6 Å². The highest BCUT2D eigenvalue weighted by atomic mass is 32.1. The van der Waals surface area contributed by atoms with Gasteiger partial charge in [0.25, 0.3) is 0 Å². The summed E-state index contributed by atoms with van der Waals surface area (Å²) in [6.07, 6.45) is 2.25. The number of hydrogen-bond acceptors (Lipinski definition) is 5. The number of hydrogen-bond donors (Lipinski definition) is 2. The molecule has 13 heavy (non-hydrogen) atoms. The van der Waals surface area contributed by atoms with Crippen LogP contribution >= 0.6 is 11.5 Å². The van der Waals surface area contributed by atoms with Crippen LogP contribution < -0.4 is 11.1 Å². The first-order valence-corrected chi connectivity index (χ1v) is 5.18. The van der Waals surface area contributed by atoms with Crippen LogP contribution in [-0.2, 0) is 0 Å². The minimum atomic E-state index is 0.0702. The van der Waals surface area contributed by atoms with Gasteiger partial charge in [0.1, 0.15) is 0 Å². The molecule has 0 amide bonds. The molecule has 0 fully saturated rings. The van der Waals surface area contributed by atoms with Gasteiger partial charge in [0.05, 0.1) is 0 Å². The Morgan fingerprint density at radius 2 is 2.23 bits per heavy atom. The molecule has 0 aromatic carbocycles. The maximum Gasteiger partial charge on any atom is 0.233 e. The lowest BCUT2D eigenvalue weighted by atomic mass is 10.00. The van der Waals surface area contributed by atoms with Crippen molar-refractivity contribution in [3.05, 3.63) is 0 Å². The van der Waals surface area contributed by atoms with Crippen LogP contribution in [0.3, 0.4) is 0 Å². The van der Waals surface area contributed by atoms with Crippen molar-refractivity contribution in [1.82, 2.24) is 9.36 Å². The lowest BCUT2D eigenvalue weighted by molar-refractivity contribution is 0.511. The second-order valence-electron chi connectivity index (χ2n) is 3.72. The first-order chi connectivity index (χ1) is 6.03. The number of nitrogens with one attached hydrogen (secondary N) is 1. The minimum Gasteiger partial charge on any atom is -0.367 e. The summed E-state index contributed by atoms with van der Waals surface area (Å²) in [7, 11) is 0. The van der Waals surface area contributed by atoms with Gasteiger partial charge in [-0.25, -0.2) is 0 Å². The van der Waals surface area contributed by atoms with Crippen molar-refractivity contribution >= 4 is 22.6 Å². The normalized spacial score (nSPS) is 11.6. The summed E-state index contributed by atoms with van der Waals surface area (Å²) in [6, 6.07) is 0. The standard InChI is InChI=1S/C8H16N4S/c1-4-5-8(2,3)11-7-10-6(9)12-13-7/h4-5H2,1-3H3,(H3,9,10,11,12). The fraction of sp³-hybridized carbons (Fsp3) is 0.750. The summed E-state index contributed by atoms with van der Waals surface area (Å²) in [5.41, 5.74) is 5.49. The fourth-order valence-corrected chi connectivity index (χ4v) is 1.94. The van der Waals surface area contributed by atoms with E-state index in [0.717, 1.165) is 18.0 Å². The van der Waals surface area contributed by atoms with E-state index in [1.165, 1.54) is 11.5 Å². The molecule has 0 unspecified atom stereocenters. The van der Waals surface area contributed by atoms with Crippen molar-refractivity contribution < 1.29 is 0 Å². The molecule has 0 saturated heterocycles. The van der Waals surface area contributed by atoms with Gasteiger partial charge in [0.15, 0.2) is 0 Å². The summed E-state index contributed by atoms with van der Waals surface area (Å²) >= 11 is 1.31. The van der Waals surface area contributed by atoms with Gasteiger partial charge in [-0.1, -0.05) is 13.3 Å². The van der Waals surface area contributed by atoms with Gasteiger partial charge in [-0.2, -0.15) is 9.36 Å². The quantitative estimate of drug-likeness (QED) is 0.781. The monoisotopic (exact) mass is 200 g/mol. The highest BCUT2D eigenvalue weighted by Gasteiger charge is 2.17.